The Balaban J connectivity index is 2.43. The minimum absolute atomic E-state index is 0.00823. The lowest BCUT2D eigenvalue weighted by molar-refractivity contribution is 0.588. The fraction of sp³-hybridized carbons (Fsp3) is 0.375. The van der Waals surface area contributed by atoms with Crippen molar-refractivity contribution in [3.05, 3.63) is 35.2 Å². The monoisotopic (exact) mass is 289 g/mol. The minimum atomic E-state index is 0.00823. The number of imidazole rings is 1. The number of para-hydroxylation sites is 2. The first-order valence-corrected chi connectivity index (χ1v) is 7.04. The normalized spacial score (nSPS) is 14.6. The number of allylic oxidation sites excluding steroid dienone is 1. The van der Waals surface area contributed by atoms with Gasteiger partial charge in [0.25, 0.3) is 0 Å². The highest BCUT2D eigenvalue weighted by atomic mass is 35.5. The van der Waals surface area contributed by atoms with Crippen LogP contribution in [0.25, 0.3) is 16.6 Å². The lowest BCUT2D eigenvalue weighted by atomic mass is 9.91. The fourth-order valence-electron chi connectivity index (χ4n) is 1.63. The molecule has 0 atom stereocenters. The van der Waals surface area contributed by atoms with Gasteiger partial charge in [0.2, 0.25) is 0 Å². The smallest absolute Gasteiger partial charge is 0.137 e. The number of rotatable bonds is 2. The summed E-state index contributed by atoms with van der Waals surface area (Å²) in [5.41, 5.74) is 3.80. The van der Waals surface area contributed by atoms with Crippen molar-refractivity contribution in [1.82, 2.24) is 9.97 Å². The summed E-state index contributed by atoms with van der Waals surface area (Å²) in [5, 5.41) is 0.483. The molecule has 0 spiro atoms. The minimum Gasteiger partial charge on any atom is -0.338 e. The molecule has 1 heterocycles. The molecule has 0 fully saturated rings. The van der Waals surface area contributed by atoms with Crippen molar-refractivity contribution in [3.63, 3.8) is 0 Å². The molecule has 3 nitrogen and oxygen atoms in total. The highest BCUT2D eigenvalue weighted by Gasteiger charge is 2.15. The molecule has 0 aliphatic carbocycles. The second-order valence-electron chi connectivity index (χ2n) is 5.97. The Hall–Kier alpha value is -1.61. The number of hydrogen-bond acceptors (Lipinski definition) is 2. The van der Waals surface area contributed by atoms with Crippen LogP contribution in [0.1, 0.15) is 40.4 Å². The molecular weight excluding hydrogens is 270 g/mol. The number of aromatic nitrogens is 2. The van der Waals surface area contributed by atoms with E-state index in [0.29, 0.717) is 5.16 Å². The molecule has 20 heavy (non-hydrogen) atoms. The van der Waals surface area contributed by atoms with Crippen molar-refractivity contribution in [3.8, 4) is 0 Å². The maximum absolute atomic E-state index is 6.33. The zero-order valence-electron chi connectivity index (χ0n) is 12.6. The molecule has 2 rings (SSSR count). The van der Waals surface area contributed by atoms with Gasteiger partial charge in [-0.3, -0.25) is 0 Å². The summed E-state index contributed by atoms with van der Waals surface area (Å²) in [5.74, 6) is 0.765. The summed E-state index contributed by atoms with van der Waals surface area (Å²) < 4.78 is 0. The van der Waals surface area contributed by atoms with Crippen LogP contribution in [0, 0.1) is 5.41 Å². The van der Waals surface area contributed by atoms with Gasteiger partial charge in [-0.2, -0.15) is 0 Å². The van der Waals surface area contributed by atoms with Gasteiger partial charge in [0, 0.05) is 11.3 Å². The molecule has 2 aromatic rings. The molecule has 0 aliphatic heterocycles. The molecule has 0 aliphatic rings. The van der Waals surface area contributed by atoms with Gasteiger partial charge in [-0.1, -0.05) is 44.5 Å². The molecule has 0 radical (unpaired) electrons. The molecule has 0 amide bonds. The predicted molar refractivity (Wildman–Crippen MR) is 87.1 cm³/mol. The van der Waals surface area contributed by atoms with Crippen LogP contribution >= 0.6 is 11.6 Å². The number of benzene rings is 1. The van der Waals surface area contributed by atoms with E-state index in [-0.39, 0.29) is 5.41 Å². The van der Waals surface area contributed by atoms with E-state index in [2.05, 4.69) is 35.7 Å². The Bertz CT molecular complexity index is 654. The van der Waals surface area contributed by atoms with Crippen LogP contribution in [0.5, 0.6) is 0 Å². The van der Waals surface area contributed by atoms with E-state index in [1.807, 2.05) is 38.1 Å². The lowest BCUT2D eigenvalue weighted by Gasteiger charge is -2.17. The average molecular weight is 290 g/mol. The molecular formula is C16H20ClN3. The molecule has 1 aromatic heterocycles. The van der Waals surface area contributed by atoms with Crippen LogP contribution in [-0.2, 0) is 0 Å². The first kappa shape index (κ1) is 14.8. The van der Waals surface area contributed by atoms with Gasteiger partial charge < -0.3 is 4.98 Å². The number of aromatic amines is 1. The van der Waals surface area contributed by atoms with Gasteiger partial charge in [0.05, 0.1) is 11.0 Å². The van der Waals surface area contributed by atoms with Crippen LogP contribution in [0.2, 0.25) is 0 Å². The topological polar surface area (TPSA) is 41.0 Å². The molecule has 0 saturated heterocycles. The van der Waals surface area contributed by atoms with Crippen LogP contribution in [0.15, 0.2) is 34.4 Å². The van der Waals surface area contributed by atoms with Gasteiger partial charge in [0.1, 0.15) is 11.0 Å². The van der Waals surface area contributed by atoms with Crippen molar-refractivity contribution < 1.29 is 0 Å². The Morgan fingerprint density at radius 2 is 1.85 bits per heavy atom. The third-order valence-electron chi connectivity index (χ3n) is 3.41. The quantitative estimate of drug-likeness (QED) is 0.613. The van der Waals surface area contributed by atoms with E-state index in [9.17, 15) is 0 Å². The average Bonchev–Trinajstić information content (AvgIpc) is 2.80. The summed E-state index contributed by atoms with van der Waals surface area (Å²) in [4.78, 5) is 12.3. The molecule has 106 valence electrons. The summed E-state index contributed by atoms with van der Waals surface area (Å²) >= 11 is 6.33. The van der Waals surface area contributed by atoms with Crippen LogP contribution in [0.4, 0.5) is 0 Å². The molecule has 0 bridgehead atoms. The number of nitrogens with one attached hydrogen (secondary N) is 1. The van der Waals surface area contributed by atoms with Crippen molar-refractivity contribution in [1.29, 1.82) is 0 Å². The van der Waals surface area contributed by atoms with E-state index in [1.165, 1.54) is 0 Å². The van der Waals surface area contributed by atoms with Gasteiger partial charge in [-0.05, 0) is 31.4 Å². The highest BCUT2D eigenvalue weighted by Crippen LogP contribution is 2.25. The number of nitrogens with zero attached hydrogens (tertiary/aromatic N) is 2. The predicted octanol–water partition coefficient (Wildman–Crippen LogP) is 5.00. The Labute approximate surface area is 124 Å². The maximum Gasteiger partial charge on any atom is 0.137 e. The van der Waals surface area contributed by atoms with Gasteiger partial charge >= 0.3 is 0 Å². The molecule has 0 saturated carbocycles. The lowest BCUT2D eigenvalue weighted by Crippen LogP contribution is -2.16. The van der Waals surface area contributed by atoms with Gasteiger partial charge in [-0.25, -0.2) is 9.98 Å². The Kier molecular flexibility index (Phi) is 4.00. The van der Waals surface area contributed by atoms with E-state index in [4.69, 9.17) is 11.6 Å². The number of halogens is 1. The largest absolute Gasteiger partial charge is 0.338 e. The van der Waals surface area contributed by atoms with Crippen molar-refractivity contribution in [2.24, 2.45) is 10.4 Å². The van der Waals surface area contributed by atoms with Gasteiger partial charge in [-0.15, -0.1) is 0 Å². The van der Waals surface area contributed by atoms with E-state index in [1.54, 1.807) is 0 Å². The Morgan fingerprint density at radius 3 is 2.45 bits per heavy atom. The zero-order valence-corrected chi connectivity index (χ0v) is 13.3. The van der Waals surface area contributed by atoms with Crippen molar-refractivity contribution in [2.45, 2.75) is 34.6 Å². The first-order valence-electron chi connectivity index (χ1n) is 6.66. The van der Waals surface area contributed by atoms with Crippen LogP contribution in [-0.4, -0.2) is 15.7 Å². The maximum atomic E-state index is 6.33. The summed E-state index contributed by atoms with van der Waals surface area (Å²) in [6.45, 7) is 10.3. The van der Waals surface area contributed by atoms with E-state index in [0.717, 1.165) is 28.1 Å². The second-order valence-corrected chi connectivity index (χ2v) is 6.32. The Morgan fingerprint density at radius 1 is 1.20 bits per heavy atom. The van der Waals surface area contributed by atoms with Crippen molar-refractivity contribution in [2.75, 3.05) is 0 Å². The number of fused-ring (bicyclic) bond motifs is 1. The fourth-order valence-corrected chi connectivity index (χ4v) is 1.84. The third-order valence-corrected chi connectivity index (χ3v) is 3.77. The first-order chi connectivity index (χ1) is 9.29. The van der Waals surface area contributed by atoms with E-state index < -0.39 is 0 Å². The van der Waals surface area contributed by atoms with Crippen molar-refractivity contribution >= 4 is 33.9 Å². The standard InChI is InChI=1S/C16H20ClN3/c1-10(14(17)18-11(2)16(3,4)5)15-19-12-8-6-7-9-13(12)20-15/h6-9H,1-5H3,(H,19,20). The molecule has 4 heteroatoms. The zero-order chi connectivity index (χ0) is 14.9. The number of H-pyrrole nitrogens is 1. The van der Waals surface area contributed by atoms with E-state index >= 15 is 0 Å². The van der Waals surface area contributed by atoms with Crippen LogP contribution in [0.3, 0.4) is 0 Å². The second kappa shape index (κ2) is 5.41. The molecule has 1 aromatic carbocycles. The highest BCUT2D eigenvalue weighted by molar-refractivity contribution is 6.33. The SMILES string of the molecule is CC(=NC(Cl)=C(C)c1nc2ccccc2[nH]1)C(C)(C)C. The van der Waals surface area contributed by atoms with Crippen LogP contribution < -0.4 is 0 Å². The molecule has 0 unspecified atom stereocenters. The summed E-state index contributed by atoms with van der Waals surface area (Å²) in [6.07, 6.45) is 0. The summed E-state index contributed by atoms with van der Waals surface area (Å²) in [6, 6.07) is 7.92. The molecule has 1 N–H and O–H groups in total. The third kappa shape index (κ3) is 3.10. The summed E-state index contributed by atoms with van der Waals surface area (Å²) in [7, 11) is 0. The number of aliphatic imine (C=N–C) groups is 1. The number of hydrogen-bond donors (Lipinski definition) is 1. The van der Waals surface area contributed by atoms with Gasteiger partial charge in [0.15, 0.2) is 0 Å².